The standard InChI is InChI=1S/C19H24N2/c1-3-15-8-4-7-14(2)18(15)21-13-17-10-5-9-16-11-6-12-20-19(16)17/h4-5,7-10,20-21H,3,6,11-13H2,1-2H3. The van der Waals surface area contributed by atoms with Gasteiger partial charge in [0.05, 0.1) is 0 Å². The molecule has 0 aromatic heterocycles. The fourth-order valence-electron chi connectivity index (χ4n) is 3.19. The Bertz CT molecular complexity index is 631. The molecule has 110 valence electrons. The second-order valence-electron chi connectivity index (χ2n) is 5.80. The van der Waals surface area contributed by atoms with Gasteiger partial charge in [-0.25, -0.2) is 0 Å². The molecule has 2 nitrogen and oxygen atoms in total. The number of anilines is 2. The zero-order valence-electron chi connectivity index (χ0n) is 13.0. The van der Waals surface area contributed by atoms with Gasteiger partial charge in [0.2, 0.25) is 0 Å². The van der Waals surface area contributed by atoms with E-state index < -0.39 is 0 Å². The molecule has 0 unspecified atom stereocenters. The topological polar surface area (TPSA) is 24.1 Å². The van der Waals surface area contributed by atoms with E-state index >= 15 is 0 Å². The first-order valence-electron chi connectivity index (χ1n) is 7.96. The molecule has 1 heterocycles. The minimum absolute atomic E-state index is 0.883. The van der Waals surface area contributed by atoms with Gasteiger partial charge in [0.25, 0.3) is 0 Å². The van der Waals surface area contributed by atoms with Crippen molar-refractivity contribution < 1.29 is 0 Å². The van der Waals surface area contributed by atoms with Gasteiger partial charge < -0.3 is 10.6 Å². The Morgan fingerprint density at radius 1 is 1.10 bits per heavy atom. The molecule has 0 spiro atoms. The fraction of sp³-hybridized carbons (Fsp3) is 0.368. The van der Waals surface area contributed by atoms with E-state index in [2.05, 4.69) is 60.9 Å². The van der Waals surface area contributed by atoms with Crippen LogP contribution < -0.4 is 10.6 Å². The van der Waals surface area contributed by atoms with Crippen molar-refractivity contribution >= 4 is 11.4 Å². The molecule has 0 radical (unpaired) electrons. The molecular weight excluding hydrogens is 256 g/mol. The molecule has 0 atom stereocenters. The van der Waals surface area contributed by atoms with E-state index in [4.69, 9.17) is 0 Å². The Kier molecular flexibility index (Phi) is 4.14. The van der Waals surface area contributed by atoms with E-state index in [1.54, 1.807) is 0 Å². The van der Waals surface area contributed by atoms with Gasteiger partial charge in [-0.15, -0.1) is 0 Å². The number of nitrogens with one attached hydrogen (secondary N) is 2. The number of hydrogen-bond acceptors (Lipinski definition) is 2. The quantitative estimate of drug-likeness (QED) is 0.860. The van der Waals surface area contributed by atoms with Gasteiger partial charge in [0, 0.05) is 24.5 Å². The average molecular weight is 280 g/mol. The monoisotopic (exact) mass is 280 g/mol. The summed E-state index contributed by atoms with van der Waals surface area (Å²) in [6.45, 7) is 6.37. The minimum atomic E-state index is 0.883. The zero-order chi connectivity index (χ0) is 14.7. The lowest BCUT2D eigenvalue weighted by atomic mass is 9.99. The largest absolute Gasteiger partial charge is 0.385 e. The molecule has 2 N–H and O–H groups in total. The normalized spacial score (nSPS) is 13.4. The van der Waals surface area contributed by atoms with Crippen molar-refractivity contribution in [2.75, 3.05) is 17.2 Å². The van der Waals surface area contributed by atoms with Crippen LogP contribution in [0.25, 0.3) is 0 Å². The van der Waals surface area contributed by atoms with Crippen LogP contribution in [0.15, 0.2) is 36.4 Å². The molecule has 2 aromatic carbocycles. The van der Waals surface area contributed by atoms with Crippen molar-refractivity contribution in [3.63, 3.8) is 0 Å². The first-order chi connectivity index (χ1) is 10.3. The van der Waals surface area contributed by atoms with Gasteiger partial charge in [-0.3, -0.25) is 0 Å². The Morgan fingerprint density at radius 3 is 2.76 bits per heavy atom. The maximum absolute atomic E-state index is 3.66. The van der Waals surface area contributed by atoms with E-state index in [1.807, 2.05) is 0 Å². The van der Waals surface area contributed by atoms with Crippen molar-refractivity contribution in [1.29, 1.82) is 0 Å². The maximum atomic E-state index is 3.66. The van der Waals surface area contributed by atoms with Crippen LogP contribution in [0.5, 0.6) is 0 Å². The highest BCUT2D eigenvalue weighted by atomic mass is 14.9. The van der Waals surface area contributed by atoms with Crippen LogP contribution in [-0.4, -0.2) is 6.54 Å². The Morgan fingerprint density at radius 2 is 1.90 bits per heavy atom. The predicted octanol–water partition coefficient (Wildman–Crippen LogP) is 4.53. The molecule has 0 bridgehead atoms. The summed E-state index contributed by atoms with van der Waals surface area (Å²) in [4.78, 5) is 0. The van der Waals surface area contributed by atoms with Crippen molar-refractivity contribution in [2.45, 2.75) is 39.7 Å². The summed E-state index contributed by atoms with van der Waals surface area (Å²) in [5.74, 6) is 0. The molecule has 0 saturated carbocycles. The third-order valence-electron chi connectivity index (χ3n) is 4.36. The Labute approximate surface area is 127 Å². The van der Waals surface area contributed by atoms with Gasteiger partial charge in [0.1, 0.15) is 0 Å². The number of aryl methyl sites for hydroxylation is 3. The zero-order valence-corrected chi connectivity index (χ0v) is 13.0. The lowest BCUT2D eigenvalue weighted by Gasteiger charge is -2.22. The summed E-state index contributed by atoms with van der Waals surface area (Å²) >= 11 is 0. The highest BCUT2D eigenvalue weighted by Gasteiger charge is 2.12. The van der Waals surface area contributed by atoms with Crippen molar-refractivity contribution in [3.8, 4) is 0 Å². The molecule has 3 rings (SSSR count). The molecule has 2 heteroatoms. The van der Waals surface area contributed by atoms with Gasteiger partial charge in [0.15, 0.2) is 0 Å². The minimum Gasteiger partial charge on any atom is -0.385 e. The number of rotatable bonds is 4. The maximum Gasteiger partial charge on any atom is 0.0423 e. The second-order valence-corrected chi connectivity index (χ2v) is 5.80. The van der Waals surface area contributed by atoms with Crippen LogP contribution in [0, 0.1) is 6.92 Å². The van der Waals surface area contributed by atoms with Crippen LogP contribution in [0.4, 0.5) is 11.4 Å². The van der Waals surface area contributed by atoms with Gasteiger partial charge in [-0.05, 0) is 48.4 Å². The predicted molar refractivity (Wildman–Crippen MR) is 91.1 cm³/mol. The fourth-order valence-corrected chi connectivity index (χ4v) is 3.19. The number of hydrogen-bond donors (Lipinski definition) is 2. The van der Waals surface area contributed by atoms with E-state index in [0.29, 0.717) is 0 Å². The third-order valence-corrected chi connectivity index (χ3v) is 4.36. The highest BCUT2D eigenvalue weighted by molar-refractivity contribution is 5.62. The number of benzene rings is 2. The molecule has 1 aliphatic rings. The molecule has 0 amide bonds. The second kappa shape index (κ2) is 6.21. The van der Waals surface area contributed by atoms with Crippen LogP contribution in [0.3, 0.4) is 0 Å². The number of fused-ring (bicyclic) bond motifs is 1. The lowest BCUT2D eigenvalue weighted by Crippen LogP contribution is -2.15. The summed E-state index contributed by atoms with van der Waals surface area (Å²) in [6.07, 6.45) is 3.50. The van der Waals surface area contributed by atoms with Crippen LogP contribution in [-0.2, 0) is 19.4 Å². The third kappa shape index (κ3) is 2.90. The number of para-hydroxylation sites is 2. The van der Waals surface area contributed by atoms with Crippen molar-refractivity contribution in [2.24, 2.45) is 0 Å². The Hall–Kier alpha value is -1.96. The lowest BCUT2D eigenvalue weighted by molar-refractivity contribution is 0.824. The smallest absolute Gasteiger partial charge is 0.0423 e. The van der Waals surface area contributed by atoms with Crippen LogP contribution in [0.2, 0.25) is 0 Å². The first kappa shape index (κ1) is 14.0. The van der Waals surface area contributed by atoms with E-state index in [9.17, 15) is 0 Å². The van der Waals surface area contributed by atoms with E-state index in [1.165, 1.54) is 46.5 Å². The summed E-state index contributed by atoms with van der Waals surface area (Å²) < 4.78 is 0. The average Bonchev–Trinajstić information content (AvgIpc) is 2.53. The SMILES string of the molecule is CCc1cccc(C)c1NCc1cccc2c1NCCC2. The molecular formula is C19H24N2. The molecule has 2 aromatic rings. The van der Waals surface area contributed by atoms with Crippen molar-refractivity contribution in [3.05, 3.63) is 58.7 Å². The van der Waals surface area contributed by atoms with E-state index in [-0.39, 0.29) is 0 Å². The molecule has 21 heavy (non-hydrogen) atoms. The van der Waals surface area contributed by atoms with Gasteiger partial charge >= 0.3 is 0 Å². The highest BCUT2D eigenvalue weighted by Crippen LogP contribution is 2.28. The summed E-state index contributed by atoms with van der Waals surface area (Å²) in [5.41, 5.74) is 8.20. The van der Waals surface area contributed by atoms with Crippen LogP contribution in [0.1, 0.15) is 35.6 Å². The summed E-state index contributed by atoms with van der Waals surface area (Å²) in [5, 5.41) is 7.23. The summed E-state index contributed by atoms with van der Waals surface area (Å²) in [6, 6.07) is 13.2. The van der Waals surface area contributed by atoms with Gasteiger partial charge in [-0.1, -0.05) is 43.3 Å². The van der Waals surface area contributed by atoms with E-state index in [0.717, 1.165) is 19.5 Å². The van der Waals surface area contributed by atoms with Crippen molar-refractivity contribution in [1.82, 2.24) is 0 Å². The molecule has 0 aliphatic carbocycles. The molecule has 0 saturated heterocycles. The Balaban J connectivity index is 1.83. The first-order valence-corrected chi connectivity index (χ1v) is 7.96. The van der Waals surface area contributed by atoms with Crippen LogP contribution >= 0.6 is 0 Å². The molecule has 0 fully saturated rings. The summed E-state index contributed by atoms with van der Waals surface area (Å²) in [7, 11) is 0. The van der Waals surface area contributed by atoms with Gasteiger partial charge in [-0.2, -0.15) is 0 Å². The molecule has 1 aliphatic heterocycles.